The molecule has 0 aromatic rings. The van der Waals surface area contributed by atoms with Gasteiger partial charge in [0.25, 0.3) is 0 Å². The molecule has 24 heavy (non-hydrogen) atoms. The highest BCUT2D eigenvalue weighted by atomic mass is 16.3. The molecule has 3 heteroatoms. The van der Waals surface area contributed by atoms with Gasteiger partial charge >= 0.3 is 0 Å². The van der Waals surface area contributed by atoms with Crippen molar-refractivity contribution < 1.29 is 15.0 Å². The number of ketones is 1. The van der Waals surface area contributed by atoms with E-state index in [1.54, 1.807) is 0 Å². The van der Waals surface area contributed by atoms with Crippen molar-refractivity contribution in [2.75, 3.05) is 6.61 Å². The number of hydrogen-bond acceptors (Lipinski definition) is 3. The standard InChI is InChI=1S/C21H34O3/c1-20-9-7-14(23)11-13(20)3-4-15-16-5-6-18(19(24)12-22)21(16,2)10-8-17(15)20/h13-18,22-23H,3-12H2,1-2H3/t13?,14?,15?,16?,17?,18?,20-,21-/m0/s1. The topological polar surface area (TPSA) is 57.5 Å². The fourth-order valence-corrected chi connectivity index (χ4v) is 7.87. The number of carbonyl (C=O) groups is 1. The van der Waals surface area contributed by atoms with Crippen LogP contribution in [0.1, 0.15) is 71.6 Å². The number of Topliss-reactive ketones (excluding diaryl/α,β-unsaturated/α-hetero) is 1. The predicted molar refractivity (Wildman–Crippen MR) is 93.3 cm³/mol. The summed E-state index contributed by atoms with van der Waals surface area (Å²) in [5.74, 6) is 3.08. The van der Waals surface area contributed by atoms with Gasteiger partial charge in [0.2, 0.25) is 0 Å². The third-order valence-corrected chi connectivity index (χ3v) is 9.18. The van der Waals surface area contributed by atoms with Crippen LogP contribution in [-0.4, -0.2) is 28.7 Å². The summed E-state index contributed by atoms with van der Waals surface area (Å²) < 4.78 is 0. The number of aliphatic hydroxyl groups excluding tert-OH is 2. The minimum absolute atomic E-state index is 0.0773. The van der Waals surface area contributed by atoms with Crippen molar-refractivity contribution in [1.29, 1.82) is 0 Å². The van der Waals surface area contributed by atoms with Crippen LogP contribution in [0.3, 0.4) is 0 Å². The zero-order chi connectivity index (χ0) is 17.1. The summed E-state index contributed by atoms with van der Waals surface area (Å²) in [6.07, 6.45) is 10.2. The van der Waals surface area contributed by atoms with E-state index in [0.29, 0.717) is 17.3 Å². The molecule has 0 aromatic heterocycles. The van der Waals surface area contributed by atoms with Gasteiger partial charge < -0.3 is 10.2 Å². The van der Waals surface area contributed by atoms with Gasteiger partial charge in [-0.15, -0.1) is 0 Å². The Morgan fingerprint density at radius 1 is 0.958 bits per heavy atom. The van der Waals surface area contributed by atoms with E-state index in [1.165, 1.54) is 32.1 Å². The Hall–Kier alpha value is -0.410. The molecule has 0 heterocycles. The number of hydrogen-bond donors (Lipinski definition) is 2. The molecule has 136 valence electrons. The van der Waals surface area contributed by atoms with Gasteiger partial charge in [-0.05, 0) is 92.3 Å². The van der Waals surface area contributed by atoms with Crippen LogP contribution in [0.15, 0.2) is 0 Å². The highest BCUT2D eigenvalue weighted by Crippen LogP contribution is 2.67. The maximum atomic E-state index is 12.3. The molecule has 3 nitrogen and oxygen atoms in total. The summed E-state index contributed by atoms with van der Waals surface area (Å²) in [6, 6.07) is 0. The second-order valence-electron chi connectivity index (χ2n) is 9.88. The molecule has 0 bridgehead atoms. The van der Waals surface area contributed by atoms with Crippen molar-refractivity contribution in [3.05, 3.63) is 0 Å². The van der Waals surface area contributed by atoms with Gasteiger partial charge in [-0.1, -0.05) is 13.8 Å². The van der Waals surface area contributed by atoms with Crippen molar-refractivity contribution in [2.24, 2.45) is 40.4 Å². The molecule has 4 rings (SSSR count). The van der Waals surface area contributed by atoms with E-state index in [-0.39, 0.29) is 29.8 Å². The van der Waals surface area contributed by atoms with Gasteiger partial charge in [0.05, 0.1) is 6.10 Å². The van der Waals surface area contributed by atoms with Crippen LogP contribution in [-0.2, 0) is 4.79 Å². The summed E-state index contributed by atoms with van der Waals surface area (Å²) >= 11 is 0. The van der Waals surface area contributed by atoms with Crippen LogP contribution >= 0.6 is 0 Å². The van der Waals surface area contributed by atoms with Crippen LogP contribution in [0.4, 0.5) is 0 Å². The van der Waals surface area contributed by atoms with E-state index in [4.69, 9.17) is 0 Å². The quantitative estimate of drug-likeness (QED) is 0.812. The Kier molecular flexibility index (Phi) is 4.12. The van der Waals surface area contributed by atoms with Crippen LogP contribution in [0.25, 0.3) is 0 Å². The van der Waals surface area contributed by atoms with Crippen molar-refractivity contribution in [3.8, 4) is 0 Å². The Morgan fingerprint density at radius 3 is 2.42 bits per heavy atom. The highest BCUT2D eigenvalue weighted by molar-refractivity contribution is 5.83. The Bertz CT molecular complexity index is 517. The summed E-state index contributed by atoms with van der Waals surface area (Å²) in [7, 11) is 0. The lowest BCUT2D eigenvalue weighted by atomic mass is 9.44. The third kappa shape index (κ3) is 2.26. The van der Waals surface area contributed by atoms with Gasteiger partial charge in [-0.2, -0.15) is 0 Å². The lowest BCUT2D eigenvalue weighted by Gasteiger charge is -2.60. The summed E-state index contributed by atoms with van der Waals surface area (Å²) in [5, 5.41) is 19.5. The second-order valence-corrected chi connectivity index (χ2v) is 9.88. The first-order valence-corrected chi connectivity index (χ1v) is 10.2. The van der Waals surface area contributed by atoms with Crippen molar-refractivity contribution >= 4 is 5.78 Å². The maximum absolute atomic E-state index is 12.3. The molecule has 0 aromatic carbocycles. The molecule has 4 aliphatic rings. The minimum Gasteiger partial charge on any atom is -0.393 e. The minimum atomic E-state index is -0.279. The van der Waals surface area contributed by atoms with Gasteiger partial charge in [0.1, 0.15) is 6.61 Å². The monoisotopic (exact) mass is 334 g/mol. The molecule has 0 aliphatic heterocycles. The predicted octanol–water partition coefficient (Wildman–Crippen LogP) is 3.57. The molecular weight excluding hydrogens is 300 g/mol. The lowest BCUT2D eigenvalue weighted by molar-refractivity contribution is -0.141. The van der Waals surface area contributed by atoms with Crippen molar-refractivity contribution in [3.63, 3.8) is 0 Å². The fraction of sp³-hybridized carbons (Fsp3) is 0.952. The molecule has 2 N–H and O–H groups in total. The Balaban J connectivity index is 1.60. The van der Waals surface area contributed by atoms with Crippen LogP contribution in [0.5, 0.6) is 0 Å². The average Bonchev–Trinajstić information content (AvgIpc) is 2.92. The van der Waals surface area contributed by atoms with E-state index >= 15 is 0 Å². The zero-order valence-corrected chi connectivity index (χ0v) is 15.3. The molecule has 0 spiro atoms. The van der Waals surface area contributed by atoms with Crippen LogP contribution in [0.2, 0.25) is 0 Å². The summed E-state index contributed by atoms with van der Waals surface area (Å²) in [5.41, 5.74) is 0.529. The van der Waals surface area contributed by atoms with E-state index < -0.39 is 0 Å². The molecule has 4 fully saturated rings. The third-order valence-electron chi connectivity index (χ3n) is 9.18. The Morgan fingerprint density at radius 2 is 1.67 bits per heavy atom. The second kappa shape index (κ2) is 5.81. The first-order valence-electron chi connectivity index (χ1n) is 10.2. The fourth-order valence-electron chi connectivity index (χ4n) is 7.87. The van der Waals surface area contributed by atoms with E-state index in [2.05, 4.69) is 13.8 Å². The Labute approximate surface area is 146 Å². The SMILES string of the molecule is C[C@]12CCC(O)CC1CCC1C2CC[C@]2(C)C(C(=O)CO)CCC12. The van der Waals surface area contributed by atoms with E-state index in [1.807, 2.05) is 0 Å². The largest absolute Gasteiger partial charge is 0.393 e. The molecule has 0 radical (unpaired) electrons. The molecule has 4 aliphatic carbocycles. The first-order chi connectivity index (χ1) is 11.4. The molecule has 0 amide bonds. The maximum Gasteiger partial charge on any atom is 0.161 e. The molecule has 0 saturated heterocycles. The van der Waals surface area contributed by atoms with Crippen LogP contribution < -0.4 is 0 Å². The number of aliphatic hydroxyl groups is 2. The van der Waals surface area contributed by atoms with Crippen molar-refractivity contribution in [2.45, 2.75) is 77.7 Å². The number of carbonyl (C=O) groups excluding carboxylic acids is 1. The first kappa shape index (κ1) is 17.0. The smallest absolute Gasteiger partial charge is 0.161 e. The van der Waals surface area contributed by atoms with E-state index in [0.717, 1.165) is 37.5 Å². The molecule has 6 unspecified atom stereocenters. The molecular formula is C21H34O3. The normalized spacial score (nSPS) is 53.8. The average molecular weight is 335 g/mol. The van der Waals surface area contributed by atoms with Crippen LogP contribution in [0, 0.1) is 40.4 Å². The summed E-state index contributed by atoms with van der Waals surface area (Å²) in [6.45, 7) is 4.57. The molecule has 4 saturated carbocycles. The lowest BCUT2D eigenvalue weighted by Crippen LogP contribution is -2.54. The van der Waals surface area contributed by atoms with Gasteiger partial charge in [-0.25, -0.2) is 0 Å². The van der Waals surface area contributed by atoms with E-state index in [9.17, 15) is 15.0 Å². The highest BCUT2D eigenvalue weighted by Gasteiger charge is 2.60. The summed E-state index contributed by atoms with van der Waals surface area (Å²) in [4.78, 5) is 12.3. The molecule has 8 atom stereocenters. The van der Waals surface area contributed by atoms with Gasteiger partial charge in [0, 0.05) is 5.92 Å². The van der Waals surface area contributed by atoms with Gasteiger partial charge in [-0.3, -0.25) is 4.79 Å². The van der Waals surface area contributed by atoms with Crippen molar-refractivity contribution in [1.82, 2.24) is 0 Å². The zero-order valence-electron chi connectivity index (χ0n) is 15.3. The number of fused-ring (bicyclic) bond motifs is 5. The number of rotatable bonds is 2. The van der Waals surface area contributed by atoms with Gasteiger partial charge in [0.15, 0.2) is 5.78 Å².